The molecule has 0 saturated heterocycles. The van der Waals surface area contributed by atoms with Gasteiger partial charge in [0, 0.05) is 11.0 Å². The van der Waals surface area contributed by atoms with Gasteiger partial charge < -0.3 is 4.74 Å². The van der Waals surface area contributed by atoms with Gasteiger partial charge in [-0.1, -0.05) is 6.08 Å². The Labute approximate surface area is 112 Å². The summed E-state index contributed by atoms with van der Waals surface area (Å²) < 4.78 is 5.21. The Morgan fingerprint density at radius 1 is 1.32 bits per heavy atom. The molecule has 3 rings (SSSR count). The fourth-order valence-corrected chi connectivity index (χ4v) is 3.20. The first-order chi connectivity index (χ1) is 9.05. The Morgan fingerprint density at radius 3 is 2.74 bits per heavy atom. The van der Waals surface area contributed by atoms with Gasteiger partial charge in [0.05, 0.1) is 7.11 Å². The molecule has 1 aromatic rings. The lowest BCUT2D eigenvalue weighted by Gasteiger charge is -2.20. The highest BCUT2D eigenvalue weighted by Gasteiger charge is 2.48. The van der Waals surface area contributed by atoms with Gasteiger partial charge in [0.25, 0.3) is 0 Å². The molecular weight excluding hydrogens is 240 g/mol. The van der Waals surface area contributed by atoms with Gasteiger partial charge in [0.15, 0.2) is 11.6 Å². The zero-order chi connectivity index (χ0) is 13.6. The number of methoxy groups -OCH3 is 1. The zero-order valence-electron chi connectivity index (χ0n) is 11.2. The fraction of sp³-hybridized carbons (Fsp3) is 0.375. The van der Waals surface area contributed by atoms with E-state index in [1.807, 2.05) is 24.3 Å². The molecule has 0 N–H and O–H groups in total. The molecule has 0 aliphatic heterocycles. The van der Waals surface area contributed by atoms with Crippen molar-refractivity contribution >= 4 is 11.6 Å². The van der Waals surface area contributed by atoms with Crippen LogP contribution in [-0.4, -0.2) is 18.7 Å². The smallest absolute Gasteiger partial charge is 0.170 e. The fourth-order valence-electron chi connectivity index (χ4n) is 3.20. The largest absolute Gasteiger partial charge is 0.497 e. The van der Waals surface area contributed by atoms with E-state index in [9.17, 15) is 9.59 Å². The van der Waals surface area contributed by atoms with Crippen molar-refractivity contribution in [3.63, 3.8) is 0 Å². The summed E-state index contributed by atoms with van der Waals surface area (Å²) in [5, 5.41) is 0. The van der Waals surface area contributed by atoms with E-state index in [0.717, 1.165) is 22.4 Å². The molecule has 98 valence electrons. The summed E-state index contributed by atoms with van der Waals surface area (Å²) in [5.74, 6) is 1.04. The number of Topliss-reactive ketones (excluding diaryl/α,β-unsaturated/α-hetero) is 2. The van der Waals surface area contributed by atoms with E-state index >= 15 is 0 Å². The maximum atomic E-state index is 12.6. The monoisotopic (exact) mass is 256 g/mol. The third kappa shape index (κ3) is 1.72. The normalized spacial score (nSPS) is 24.5. The number of allylic oxidation sites excluding steroid dienone is 2. The molecule has 0 bridgehead atoms. The molecule has 0 amide bonds. The Balaban J connectivity index is 1.94. The third-order valence-corrected chi connectivity index (χ3v) is 4.29. The van der Waals surface area contributed by atoms with E-state index in [1.165, 1.54) is 0 Å². The average Bonchev–Trinajstić information content (AvgIpc) is 2.94. The zero-order valence-corrected chi connectivity index (χ0v) is 11.2. The summed E-state index contributed by atoms with van der Waals surface area (Å²) in [4.78, 5) is 24.1. The summed E-state index contributed by atoms with van der Waals surface area (Å²) in [6.07, 6.45) is 3.91. The van der Waals surface area contributed by atoms with Crippen molar-refractivity contribution in [2.75, 3.05) is 7.11 Å². The first kappa shape index (κ1) is 12.2. The SMILES string of the molecule is COc1ccc2c(c1)C[C@@]1(CC=C(C(C)=O)C1)C2=O. The van der Waals surface area contributed by atoms with Crippen LogP contribution in [0.5, 0.6) is 5.75 Å². The van der Waals surface area contributed by atoms with Gasteiger partial charge >= 0.3 is 0 Å². The Hall–Kier alpha value is -1.90. The minimum absolute atomic E-state index is 0.0817. The molecule has 0 radical (unpaired) electrons. The maximum absolute atomic E-state index is 12.6. The van der Waals surface area contributed by atoms with E-state index in [4.69, 9.17) is 4.74 Å². The predicted molar refractivity (Wildman–Crippen MR) is 71.5 cm³/mol. The topological polar surface area (TPSA) is 43.4 Å². The second kappa shape index (κ2) is 4.05. The van der Waals surface area contributed by atoms with Crippen LogP contribution < -0.4 is 4.74 Å². The highest BCUT2D eigenvalue weighted by Crippen LogP contribution is 2.48. The van der Waals surface area contributed by atoms with E-state index in [1.54, 1.807) is 14.0 Å². The van der Waals surface area contributed by atoms with Gasteiger partial charge in [-0.05, 0) is 55.5 Å². The molecule has 2 aliphatic carbocycles. The van der Waals surface area contributed by atoms with Gasteiger partial charge in [-0.15, -0.1) is 0 Å². The summed E-state index contributed by atoms with van der Waals surface area (Å²) in [5.41, 5.74) is 2.23. The number of benzene rings is 1. The van der Waals surface area contributed by atoms with Crippen molar-refractivity contribution in [1.82, 2.24) is 0 Å². The number of hydrogen-bond donors (Lipinski definition) is 0. The number of rotatable bonds is 2. The highest BCUT2D eigenvalue weighted by molar-refractivity contribution is 6.07. The summed E-state index contributed by atoms with van der Waals surface area (Å²) in [6.45, 7) is 1.57. The van der Waals surface area contributed by atoms with Crippen LogP contribution in [0.2, 0.25) is 0 Å². The molecule has 1 atom stereocenters. The Morgan fingerprint density at radius 2 is 2.11 bits per heavy atom. The van der Waals surface area contributed by atoms with Crippen molar-refractivity contribution in [1.29, 1.82) is 0 Å². The van der Waals surface area contributed by atoms with Crippen LogP contribution in [0, 0.1) is 5.41 Å². The van der Waals surface area contributed by atoms with E-state index in [0.29, 0.717) is 19.3 Å². The third-order valence-electron chi connectivity index (χ3n) is 4.29. The summed E-state index contributed by atoms with van der Waals surface area (Å²) in [7, 11) is 1.62. The second-order valence-electron chi connectivity index (χ2n) is 5.48. The van der Waals surface area contributed by atoms with Crippen LogP contribution in [0.15, 0.2) is 29.8 Å². The first-order valence-corrected chi connectivity index (χ1v) is 6.47. The quantitative estimate of drug-likeness (QED) is 0.817. The molecule has 19 heavy (non-hydrogen) atoms. The molecule has 1 aromatic carbocycles. The number of ketones is 2. The van der Waals surface area contributed by atoms with Crippen molar-refractivity contribution in [3.05, 3.63) is 41.0 Å². The van der Waals surface area contributed by atoms with Crippen molar-refractivity contribution in [3.8, 4) is 5.75 Å². The van der Waals surface area contributed by atoms with Crippen molar-refractivity contribution in [2.24, 2.45) is 5.41 Å². The summed E-state index contributed by atoms with van der Waals surface area (Å²) >= 11 is 0. The number of carbonyl (C=O) groups is 2. The van der Waals surface area contributed by atoms with Gasteiger partial charge in [-0.25, -0.2) is 0 Å². The van der Waals surface area contributed by atoms with Crippen LogP contribution in [0.1, 0.15) is 35.7 Å². The Bertz CT molecular complexity index is 612. The van der Waals surface area contributed by atoms with Crippen LogP contribution in [-0.2, 0) is 11.2 Å². The standard InChI is InChI=1S/C16H16O3/c1-10(17)11-5-6-16(8-11)9-12-7-13(19-2)3-4-14(12)15(16)18/h3-5,7H,6,8-9H2,1-2H3/t16-/m0/s1. The van der Waals surface area contributed by atoms with Gasteiger partial charge in [0.2, 0.25) is 0 Å². The molecule has 0 saturated carbocycles. The molecule has 0 fully saturated rings. The summed E-state index contributed by atoms with van der Waals surface area (Å²) in [6, 6.07) is 5.61. The number of carbonyl (C=O) groups excluding carboxylic acids is 2. The molecule has 3 nitrogen and oxygen atoms in total. The molecular formula is C16H16O3. The first-order valence-electron chi connectivity index (χ1n) is 6.47. The van der Waals surface area contributed by atoms with Gasteiger partial charge in [-0.2, -0.15) is 0 Å². The van der Waals surface area contributed by atoms with E-state index in [2.05, 4.69) is 0 Å². The van der Waals surface area contributed by atoms with Crippen LogP contribution >= 0.6 is 0 Å². The molecule has 1 spiro atoms. The molecule has 0 heterocycles. The number of ether oxygens (including phenoxy) is 1. The number of hydrogen-bond acceptors (Lipinski definition) is 3. The second-order valence-corrected chi connectivity index (χ2v) is 5.48. The Kier molecular flexibility index (Phi) is 2.59. The average molecular weight is 256 g/mol. The maximum Gasteiger partial charge on any atom is 0.170 e. The molecule has 2 aliphatic rings. The lowest BCUT2D eigenvalue weighted by Crippen LogP contribution is -2.25. The minimum atomic E-state index is -0.407. The lowest BCUT2D eigenvalue weighted by molar-refractivity contribution is -0.113. The minimum Gasteiger partial charge on any atom is -0.497 e. The number of fused-ring (bicyclic) bond motifs is 1. The predicted octanol–water partition coefficient (Wildman–Crippen LogP) is 2.73. The van der Waals surface area contributed by atoms with Crippen molar-refractivity contribution in [2.45, 2.75) is 26.2 Å². The molecule has 0 aromatic heterocycles. The lowest BCUT2D eigenvalue weighted by atomic mass is 9.80. The van der Waals surface area contributed by atoms with Crippen molar-refractivity contribution < 1.29 is 14.3 Å². The van der Waals surface area contributed by atoms with Crippen LogP contribution in [0.4, 0.5) is 0 Å². The van der Waals surface area contributed by atoms with E-state index in [-0.39, 0.29) is 11.6 Å². The van der Waals surface area contributed by atoms with Crippen LogP contribution in [0.3, 0.4) is 0 Å². The van der Waals surface area contributed by atoms with Crippen LogP contribution in [0.25, 0.3) is 0 Å². The van der Waals surface area contributed by atoms with Gasteiger partial charge in [0.1, 0.15) is 5.75 Å². The molecule has 0 unspecified atom stereocenters. The molecule has 3 heteroatoms. The van der Waals surface area contributed by atoms with Gasteiger partial charge in [-0.3, -0.25) is 9.59 Å². The van der Waals surface area contributed by atoms with E-state index < -0.39 is 5.41 Å². The highest BCUT2D eigenvalue weighted by atomic mass is 16.5.